The highest BCUT2D eigenvalue weighted by Gasteiger charge is 2.22. The maximum Gasteiger partial charge on any atom is 0.242 e. The molecule has 24 heavy (non-hydrogen) atoms. The Bertz CT molecular complexity index is 682. The van der Waals surface area contributed by atoms with Crippen molar-refractivity contribution in [3.63, 3.8) is 0 Å². The summed E-state index contributed by atoms with van der Waals surface area (Å²) in [5, 5.41) is 15.4. The van der Waals surface area contributed by atoms with Crippen molar-refractivity contribution in [1.29, 1.82) is 0 Å². The van der Waals surface area contributed by atoms with Crippen LogP contribution in [0.2, 0.25) is 0 Å². The maximum atomic E-state index is 12.2. The number of hydrogen-bond donors (Lipinski definition) is 1. The van der Waals surface area contributed by atoms with Gasteiger partial charge in [0.2, 0.25) is 5.91 Å². The van der Waals surface area contributed by atoms with Crippen LogP contribution in [0, 0.1) is 0 Å². The third kappa shape index (κ3) is 3.81. The summed E-state index contributed by atoms with van der Waals surface area (Å²) in [4.78, 5) is 14.7. The molecular weight excluding hydrogens is 306 g/mol. The molecule has 0 aromatic carbocycles. The van der Waals surface area contributed by atoms with Crippen LogP contribution in [-0.4, -0.2) is 60.8 Å². The van der Waals surface area contributed by atoms with E-state index in [-0.39, 0.29) is 18.5 Å². The zero-order valence-corrected chi connectivity index (χ0v) is 14.5. The first kappa shape index (κ1) is 16.6. The first-order chi connectivity index (χ1) is 11.5. The molecule has 1 N–H and O–H groups in total. The van der Waals surface area contributed by atoms with E-state index in [4.69, 9.17) is 0 Å². The molecule has 0 saturated carbocycles. The normalized spacial score (nSPS) is 16.7. The van der Waals surface area contributed by atoms with E-state index in [0.717, 1.165) is 31.6 Å². The van der Waals surface area contributed by atoms with Gasteiger partial charge < -0.3 is 10.2 Å². The third-order valence-electron chi connectivity index (χ3n) is 4.55. The molecule has 1 fully saturated rings. The molecule has 3 heterocycles. The molecule has 1 aliphatic heterocycles. The minimum atomic E-state index is -0.0144. The van der Waals surface area contributed by atoms with Gasteiger partial charge in [0.1, 0.15) is 12.2 Å². The lowest BCUT2D eigenvalue weighted by Crippen LogP contribution is -2.47. The van der Waals surface area contributed by atoms with Crippen molar-refractivity contribution in [2.45, 2.75) is 45.3 Å². The largest absolute Gasteiger partial charge is 0.352 e. The van der Waals surface area contributed by atoms with E-state index < -0.39 is 0 Å². The fourth-order valence-corrected chi connectivity index (χ4v) is 3.10. The molecule has 8 nitrogen and oxygen atoms in total. The Labute approximate surface area is 141 Å². The number of aryl methyl sites for hydroxylation is 1. The highest BCUT2D eigenvalue weighted by Crippen LogP contribution is 2.14. The molecule has 1 amide bonds. The molecular formula is C16H25N7O. The third-order valence-corrected chi connectivity index (χ3v) is 4.55. The Kier molecular flexibility index (Phi) is 4.94. The summed E-state index contributed by atoms with van der Waals surface area (Å²) >= 11 is 0. The van der Waals surface area contributed by atoms with Crippen LogP contribution < -0.4 is 5.32 Å². The van der Waals surface area contributed by atoms with Gasteiger partial charge in [0.15, 0.2) is 0 Å². The van der Waals surface area contributed by atoms with Crippen molar-refractivity contribution in [2.24, 2.45) is 7.05 Å². The first-order valence-electron chi connectivity index (χ1n) is 8.45. The molecule has 2 aromatic rings. The number of hydrogen-bond acceptors (Lipinski definition) is 5. The van der Waals surface area contributed by atoms with E-state index in [2.05, 4.69) is 39.5 Å². The van der Waals surface area contributed by atoms with Crippen LogP contribution in [0.25, 0.3) is 11.4 Å². The van der Waals surface area contributed by atoms with E-state index in [0.29, 0.717) is 11.7 Å². The van der Waals surface area contributed by atoms with E-state index in [1.54, 1.807) is 21.8 Å². The van der Waals surface area contributed by atoms with E-state index >= 15 is 0 Å². The number of nitrogens with zero attached hydrogens (tertiary/aromatic N) is 6. The summed E-state index contributed by atoms with van der Waals surface area (Å²) < 4.78 is 3.30. The van der Waals surface area contributed by atoms with Gasteiger partial charge in [-0.25, -0.2) is 4.68 Å². The van der Waals surface area contributed by atoms with Crippen LogP contribution in [0.3, 0.4) is 0 Å². The van der Waals surface area contributed by atoms with Crippen LogP contribution in [0.1, 0.15) is 26.7 Å². The molecule has 0 bridgehead atoms. The molecule has 1 saturated heterocycles. The molecule has 3 rings (SSSR count). The molecule has 0 spiro atoms. The summed E-state index contributed by atoms with van der Waals surface area (Å²) in [5.74, 6) is -0.0144. The fourth-order valence-electron chi connectivity index (χ4n) is 3.10. The predicted octanol–water partition coefficient (Wildman–Crippen LogP) is 0.668. The van der Waals surface area contributed by atoms with Crippen LogP contribution in [-0.2, 0) is 18.4 Å². The second-order valence-electron chi connectivity index (χ2n) is 6.61. The number of rotatable bonds is 5. The van der Waals surface area contributed by atoms with Gasteiger partial charge in [-0.15, -0.1) is 5.10 Å². The molecule has 0 radical (unpaired) electrons. The molecule has 0 aliphatic carbocycles. The van der Waals surface area contributed by atoms with Crippen molar-refractivity contribution in [1.82, 2.24) is 35.0 Å². The Morgan fingerprint density at radius 2 is 2.12 bits per heavy atom. The molecule has 2 aromatic heterocycles. The van der Waals surface area contributed by atoms with E-state index in [1.807, 2.05) is 13.1 Å². The molecule has 130 valence electrons. The van der Waals surface area contributed by atoms with Gasteiger partial charge in [-0.2, -0.15) is 5.10 Å². The standard InChI is InChI=1S/C16H25N7O/c1-12(2)22-8-5-13(6-9-22)18-16(24)11-23-10-14(19-20-23)15-4-7-17-21(15)3/h4,7,10,12-13H,5-6,8-9,11H2,1-3H3,(H,18,24). The second-order valence-corrected chi connectivity index (χ2v) is 6.61. The second kappa shape index (κ2) is 7.12. The Morgan fingerprint density at radius 1 is 1.38 bits per heavy atom. The van der Waals surface area contributed by atoms with Crippen molar-refractivity contribution >= 4 is 5.91 Å². The number of carbonyl (C=O) groups is 1. The lowest BCUT2D eigenvalue weighted by Gasteiger charge is -2.34. The Morgan fingerprint density at radius 3 is 2.75 bits per heavy atom. The SMILES string of the molecule is CC(C)N1CCC(NC(=O)Cn2cc(-c3ccnn3C)nn2)CC1. The summed E-state index contributed by atoms with van der Waals surface area (Å²) in [7, 11) is 1.85. The molecule has 0 unspecified atom stereocenters. The van der Waals surface area contributed by atoms with Gasteiger partial charge in [0, 0.05) is 38.4 Å². The number of nitrogens with one attached hydrogen (secondary N) is 1. The quantitative estimate of drug-likeness (QED) is 0.871. The molecule has 8 heteroatoms. The fraction of sp³-hybridized carbons (Fsp3) is 0.625. The average molecular weight is 331 g/mol. The van der Waals surface area contributed by atoms with Crippen LogP contribution in [0.4, 0.5) is 0 Å². The van der Waals surface area contributed by atoms with Crippen LogP contribution >= 0.6 is 0 Å². The van der Waals surface area contributed by atoms with Gasteiger partial charge in [0.05, 0.1) is 11.9 Å². The maximum absolute atomic E-state index is 12.2. The number of likely N-dealkylation sites (tertiary alicyclic amines) is 1. The monoisotopic (exact) mass is 331 g/mol. The van der Waals surface area contributed by atoms with Crippen molar-refractivity contribution < 1.29 is 4.79 Å². The lowest BCUT2D eigenvalue weighted by atomic mass is 10.0. The highest BCUT2D eigenvalue weighted by atomic mass is 16.2. The van der Waals surface area contributed by atoms with Crippen LogP contribution in [0.15, 0.2) is 18.5 Å². The Balaban J connectivity index is 1.51. The zero-order valence-electron chi connectivity index (χ0n) is 14.5. The van der Waals surface area contributed by atoms with E-state index in [9.17, 15) is 4.79 Å². The lowest BCUT2D eigenvalue weighted by molar-refractivity contribution is -0.122. The summed E-state index contributed by atoms with van der Waals surface area (Å²) in [5.41, 5.74) is 1.59. The van der Waals surface area contributed by atoms with E-state index in [1.165, 1.54) is 0 Å². The highest BCUT2D eigenvalue weighted by molar-refractivity contribution is 5.76. The van der Waals surface area contributed by atoms with Crippen molar-refractivity contribution in [2.75, 3.05) is 13.1 Å². The average Bonchev–Trinajstić information content (AvgIpc) is 3.16. The predicted molar refractivity (Wildman–Crippen MR) is 90.1 cm³/mol. The number of amides is 1. The van der Waals surface area contributed by atoms with Crippen molar-refractivity contribution in [3.05, 3.63) is 18.5 Å². The Hall–Kier alpha value is -2.22. The number of piperidine rings is 1. The minimum Gasteiger partial charge on any atom is -0.352 e. The summed E-state index contributed by atoms with van der Waals surface area (Å²) in [6, 6.07) is 2.70. The van der Waals surface area contributed by atoms with Crippen molar-refractivity contribution in [3.8, 4) is 11.4 Å². The van der Waals surface area contributed by atoms with Gasteiger partial charge in [0.25, 0.3) is 0 Å². The minimum absolute atomic E-state index is 0.0144. The van der Waals surface area contributed by atoms with Gasteiger partial charge >= 0.3 is 0 Å². The van der Waals surface area contributed by atoms with Crippen LogP contribution in [0.5, 0.6) is 0 Å². The molecule has 1 aliphatic rings. The molecule has 0 atom stereocenters. The zero-order chi connectivity index (χ0) is 17.1. The first-order valence-corrected chi connectivity index (χ1v) is 8.45. The number of carbonyl (C=O) groups excluding carboxylic acids is 1. The topological polar surface area (TPSA) is 80.9 Å². The van der Waals surface area contributed by atoms with Gasteiger partial charge in [-0.3, -0.25) is 9.48 Å². The summed E-state index contributed by atoms with van der Waals surface area (Å²) in [6.45, 7) is 6.69. The number of aromatic nitrogens is 5. The summed E-state index contributed by atoms with van der Waals surface area (Å²) in [6.07, 6.45) is 5.49. The van der Waals surface area contributed by atoms with Gasteiger partial charge in [-0.05, 0) is 32.8 Å². The smallest absolute Gasteiger partial charge is 0.242 e. The van der Waals surface area contributed by atoms with Gasteiger partial charge in [-0.1, -0.05) is 5.21 Å².